The third-order valence-corrected chi connectivity index (χ3v) is 5.88. The van der Waals surface area contributed by atoms with Crippen LogP contribution in [0.4, 0.5) is 8.78 Å². The first-order chi connectivity index (χ1) is 13.2. The highest BCUT2D eigenvalue weighted by Crippen LogP contribution is 2.36. The van der Waals surface area contributed by atoms with Gasteiger partial charge in [-0.3, -0.25) is 4.79 Å². The molecule has 3 nitrogen and oxygen atoms in total. The van der Waals surface area contributed by atoms with E-state index in [0.717, 1.165) is 24.1 Å². The van der Waals surface area contributed by atoms with Gasteiger partial charge in [0.25, 0.3) is 0 Å². The fraction of sp³-hybridized carbons (Fsp3) is 0.273. The van der Waals surface area contributed by atoms with Gasteiger partial charge in [0, 0.05) is 10.9 Å². The van der Waals surface area contributed by atoms with E-state index in [2.05, 4.69) is 18.8 Å². The predicted molar refractivity (Wildman–Crippen MR) is 108 cm³/mol. The van der Waals surface area contributed by atoms with Crippen molar-refractivity contribution in [3.63, 3.8) is 0 Å². The van der Waals surface area contributed by atoms with Gasteiger partial charge >= 0.3 is 0 Å². The van der Waals surface area contributed by atoms with Gasteiger partial charge in [-0.1, -0.05) is 38.1 Å². The third-order valence-electron chi connectivity index (χ3n) is 4.82. The number of thiazole rings is 1. The summed E-state index contributed by atoms with van der Waals surface area (Å²) >= 11 is 1.27. The number of primary amides is 1. The number of amides is 1. The van der Waals surface area contributed by atoms with E-state index in [4.69, 9.17) is 5.73 Å². The summed E-state index contributed by atoms with van der Waals surface area (Å²) in [7, 11) is 0. The first kappa shape index (κ1) is 20.1. The second kappa shape index (κ2) is 7.80. The molecule has 1 unspecified atom stereocenters. The number of carbonyl (C=O) groups is 1. The van der Waals surface area contributed by atoms with Crippen LogP contribution in [0, 0.1) is 17.6 Å². The number of hydrogen-bond acceptors (Lipinski definition) is 3. The van der Waals surface area contributed by atoms with Gasteiger partial charge < -0.3 is 5.73 Å². The Hall–Kier alpha value is -2.60. The van der Waals surface area contributed by atoms with Gasteiger partial charge in [-0.25, -0.2) is 13.8 Å². The molecular formula is C22H22F2N2OS. The van der Waals surface area contributed by atoms with E-state index >= 15 is 0 Å². The van der Waals surface area contributed by atoms with Crippen molar-refractivity contribution in [1.29, 1.82) is 0 Å². The third kappa shape index (κ3) is 3.83. The van der Waals surface area contributed by atoms with Crippen LogP contribution in [0.25, 0.3) is 11.3 Å². The minimum absolute atomic E-state index is 0.445. The van der Waals surface area contributed by atoms with Crippen molar-refractivity contribution in [1.82, 2.24) is 4.98 Å². The van der Waals surface area contributed by atoms with E-state index in [0.29, 0.717) is 22.2 Å². The van der Waals surface area contributed by atoms with E-state index in [1.165, 1.54) is 23.0 Å². The van der Waals surface area contributed by atoms with Crippen LogP contribution in [0.1, 0.15) is 36.9 Å². The van der Waals surface area contributed by atoms with E-state index in [1.807, 2.05) is 24.3 Å². The maximum atomic E-state index is 13.6. The first-order valence-electron chi connectivity index (χ1n) is 9.02. The first-order valence-corrected chi connectivity index (χ1v) is 9.90. The number of aromatic nitrogens is 1. The molecule has 146 valence electrons. The fourth-order valence-corrected chi connectivity index (χ4v) is 4.13. The topological polar surface area (TPSA) is 56.0 Å². The van der Waals surface area contributed by atoms with Crippen molar-refractivity contribution >= 4 is 17.2 Å². The number of nitrogens with zero attached hydrogens (tertiary/aromatic N) is 1. The number of nitrogens with two attached hydrogens (primary N) is 1. The molecule has 0 fully saturated rings. The molecule has 0 saturated carbocycles. The molecule has 1 amide bonds. The maximum Gasteiger partial charge on any atom is 0.234 e. The Bertz CT molecular complexity index is 998. The minimum Gasteiger partial charge on any atom is -0.369 e. The van der Waals surface area contributed by atoms with Gasteiger partial charge in [-0.15, -0.1) is 11.3 Å². The van der Waals surface area contributed by atoms with Crippen molar-refractivity contribution in [3.8, 4) is 11.3 Å². The quantitative estimate of drug-likeness (QED) is 0.627. The zero-order valence-electron chi connectivity index (χ0n) is 16.0. The molecule has 3 aromatic rings. The molecule has 1 atom stereocenters. The van der Waals surface area contributed by atoms with Crippen LogP contribution in [0.15, 0.2) is 47.8 Å². The monoisotopic (exact) mass is 400 g/mol. The number of rotatable bonds is 6. The Labute approximate surface area is 167 Å². The van der Waals surface area contributed by atoms with Gasteiger partial charge in [0.1, 0.15) is 10.4 Å². The summed E-state index contributed by atoms with van der Waals surface area (Å²) in [4.78, 5) is 16.9. The van der Waals surface area contributed by atoms with Crippen LogP contribution >= 0.6 is 11.3 Å². The molecule has 6 heteroatoms. The maximum absolute atomic E-state index is 13.6. The lowest BCUT2D eigenvalue weighted by Crippen LogP contribution is -2.39. The van der Waals surface area contributed by atoms with Gasteiger partial charge in [0.05, 0.1) is 5.69 Å². The van der Waals surface area contributed by atoms with Crippen LogP contribution in [-0.4, -0.2) is 10.9 Å². The lowest BCUT2D eigenvalue weighted by atomic mass is 9.81. The predicted octanol–water partition coefficient (Wildman–Crippen LogP) is 5.08. The van der Waals surface area contributed by atoms with Crippen LogP contribution in [0.2, 0.25) is 0 Å². The average Bonchev–Trinajstić information content (AvgIpc) is 3.14. The van der Waals surface area contributed by atoms with Crippen molar-refractivity contribution in [2.75, 3.05) is 0 Å². The fourth-order valence-electron chi connectivity index (χ4n) is 3.11. The van der Waals surface area contributed by atoms with Crippen molar-refractivity contribution < 1.29 is 13.6 Å². The van der Waals surface area contributed by atoms with Crippen LogP contribution in [0.5, 0.6) is 0 Å². The van der Waals surface area contributed by atoms with Gasteiger partial charge in [0.2, 0.25) is 5.91 Å². The molecule has 2 aromatic carbocycles. The molecule has 2 N–H and O–H groups in total. The molecule has 0 spiro atoms. The van der Waals surface area contributed by atoms with E-state index in [1.54, 1.807) is 12.3 Å². The van der Waals surface area contributed by atoms with Crippen LogP contribution in [0.3, 0.4) is 0 Å². The van der Waals surface area contributed by atoms with E-state index < -0.39 is 23.0 Å². The summed E-state index contributed by atoms with van der Waals surface area (Å²) in [6.45, 7) is 6.04. The molecule has 3 rings (SSSR count). The SMILES string of the molecule is CC(C)Cc1ccc(C(C)(C(N)=O)c2nc(-c3ccc(F)c(F)c3)cs2)cc1. The highest BCUT2D eigenvalue weighted by Gasteiger charge is 2.38. The summed E-state index contributed by atoms with van der Waals surface area (Å²) in [6.07, 6.45) is 0.950. The largest absolute Gasteiger partial charge is 0.369 e. The molecule has 0 saturated heterocycles. The molecule has 0 aliphatic carbocycles. The van der Waals surface area contributed by atoms with Gasteiger partial charge in [-0.2, -0.15) is 0 Å². The smallest absolute Gasteiger partial charge is 0.234 e. The molecule has 1 heterocycles. The second-order valence-electron chi connectivity index (χ2n) is 7.45. The highest BCUT2D eigenvalue weighted by molar-refractivity contribution is 7.10. The molecule has 0 radical (unpaired) electrons. The summed E-state index contributed by atoms with van der Waals surface area (Å²) in [5, 5.41) is 2.23. The minimum atomic E-state index is -1.11. The highest BCUT2D eigenvalue weighted by atomic mass is 32.1. The Morgan fingerprint density at radius 2 is 1.82 bits per heavy atom. The molecular weight excluding hydrogens is 378 g/mol. The zero-order chi connectivity index (χ0) is 20.5. The number of carbonyl (C=O) groups excluding carboxylic acids is 1. The number of halogens is 2. The molecule has 28 heavy (non-hydrogen) atoms. The van der Waals surface area contributed by atoms with Gasteiger partial charge in [-0.05, 0) is 48.6 Å². The van der Waals surface area contributed by atoms with E-state index in [-0.39, 0.29) is 0 Å². The molecule has 1 aromatic heterocycles. The summed E-state index contributed by atoms with van der Waals surface area (Å²) < 4.78 is 26.7. The zero-order valence-corrected chi connectivity index (χ0v) is 16.8. The molecule has 0 aliphatic heterocycles. The second-order valence-corrected chi connectivity index (χ2v) is 8.31. The molecule has 0 bridgehead atoms. The van der Waals surface area contributed by atoms with Crippen molar-refractivity contribution in [2.45, 2.75) is 32.6 Å². The summed E-state index contributed by atoms with van der Waals surface area (Å²) in [6, 6.07) is 11.4. The van der Waals surface area contributed by atoms with Gasteiger partial charge in [0.15, 0.2) is 11.6 Å². The van der Waals surface area contributed by atoms with Crippen molar-refractivity contribution in [3.05, 3.63) is 75.6 Å². The van der Waals surface area contributed by atoms with E-state index in [9.17, 15) is 13.6 Å². The average molecular weight is 400 g/mol. The Balaban J connectivity index is 1.99. The van der Waals surface area contributed by atoms with Crippen molar-refractivity contribution in [2.24, 2.45) is 11.7 Å². The Kier molecular flexibility index (Phi) is 5.61. The lowest BCUT2D eigenvalue weighted by molar-refractivity contribution is -0.121. The number of benzene rings is 2. The summed E-state index contributed by atoms with van der Waals surface area (Å²) in [5.74, 6) is -1.84. The molecule has 0 aliphatic rings. The normalized spacial score (nSPS) is 13.5. The standard InChI is InChI=1S/C22H22F2N2OS/c1-13(2)10-14-4-7-16(8-5-14)22(3,20(25)27)21-26-19(12-28-21)15-6-9-17(23)18(24)11-15/h4-9,11-13H,10H2,1-3H3,(H2,25,27). The Morgan fingerprint density at radius 3 is 2.39 bits per heavy atom. The summed E-state index contributed by atoms with van der Waals surface area (Å²) in [5.41, 5.74) is 7.51. The van der Waals surface area contributed by atoms with Crippen LogP contribution in [-0.2, 0) is 16.6 Å². The Morgan fingerprint density at radius 1 is 1.14 bits per heavy atom. The van der Waals surface area contributed by atoms with Crippen LogP contribution < -0.4 is 5.73 Å². The number of hydrogen-bond donors (Lipinski definition) is 1. The lowest BCUT2D eigenvalue weighted by Gasteiger charge is -2.24.